The van der Waals surface area contributed by atoms with E-state index in [4.69, 9.17) is 13.3 Å². The van der Waals surface area contributed by atoms with Gasteiger partial charge in [-0.25, -0.2) is 0 Å². The standard InChI is InChI=1S/C24H54O4Si3/c1-21(2)15-13-16-22(3)17-14-18-24(28-31(10,11)12,20-26-29(4,5)6)19-23(25)27-30(7,8)9/h21-22H,13-20H2,1-12H3. The van der Waals surface area contributed by atoms with E-state index in [0.717, 1.165) is 18.8 Å². The van der Waals surface area contributed by atoms with Crippen LogP contribution in [0, 0.1) is 11.8 Å². The molecule has 0 radical (unpaired) electrons. The molecule has 0 saturated heterocycles. The van der Waals surface area contributed by atoms with Gasteiger partial charge in [-0.1, -0.05) is 52.9 Å². The third kappa shape index (κ3) is 18.2. The molecule has 0 saturated carbocycles. The van der Waals surface area contributed by atoms with Crippen molar-refractivity contribution in [2.75, 3.05) is 6.61 Å². The van der Waals surface area contributed by atoms with Crippen LogP contribution in [0.2, 0.25) is 58.9 Å². The Balaban J connectivity index is 5.35. The lowest BCUT2D eigenvalue weighted by atomic mass is 9.89. The minimum absolute atomic E-state index is 0.124. The smallest absolute Gasteiger partial charge is 0.295 e. The first-order chi connectivity index (χ1) is 13.8. The van der Waals surface area contributed by atoms with E-state index < -0.39 is 30.6 Å². The quantitative estimate of drug-likeness (QED) is 0.207. The monoisotopic (exact) mass is 490 g/mol. The Labute approximate surface area is 197 Å². The van der Waals surface area contributed by atoms with E-state index >= 15 is 0 Å². The van der Waals surface area contributed by atoms with Gasteiger partial charge in [-0.3, -0.25) is 4.79 Å². The van der Waals surface area contributed by atoms with E-state index in [1.807, 2.05) is 0 Å². The maximum absolute atomic E-state index is 12.9. The molecule has 2 unspecified atom stereocenters. The van der Waals surface area contributed by atoms with Gasteiger partial charge in [0.05, 0.1) is 18.6 Å². The lowest BCUT2D eigenvalue weighted by Gasteiger charge is -2.41. The Morgan fingerprint density at radius 3 is 1.77 bits per heavy atom. The molecule has 4 nitrogen and oxygen atoms in total. The first-order valence-electron chi connectivity index (χ1n) is 12.4. The van der Waals surface area contributed by atoms with Gasteiger partial charge in [0.1, 0.15) is 0 Å². The van der Waals surface area contributed by atoms with Crippen molar-refractivity contribution in [1.29, 1.82) is 0 Å². The molecular weight excluding hydrogens is 437 g/mol. The zero-order chi connectivity index (χ0) is 24.5. The molecular formula is C24H54O4Si3. The van der Waals surface area contributed by atoms with Crippen LogP contribution in [0.5, 0.6) is 0 Å². The molecule has 0 bridgehead atoms. The van der Waals surface area contributed by atoms with Crippen molar-refractivity contribution in [1.82, 2.24) is 0 Å². The van der Waals surface area contributed by atoms with Crippen LogP contribution in [0.4, 0.5) is 0 Å². The summed E-state index contributed by atoms with van der Waals surface area (Å²) in [5.41, 5.74) is -0.570. The van der Waals surface area contributed by atoms with Gasteiger partial charge in [0.2, 0.25) is 8.32 Å². The predicted molar refractivity (Wildman–Crippen MR) is 142 cm³/mol. The summed E-state index contributed by atoms with van der Waals surface area (Å²) < 4.78 is 18.9. The lowest BCUT2D eigenvalue weighted by molar-refractivity contribution is -0.141. The van der Waals surface area contributed by atoms with Crippen molar-refractivity contribution < 1.29 is 18.1 Å². The summed E-state index contributed by atoms with van der Waals surface area (Å²) in [5, 5.41) is 0. The van der Waals surface area contributed by atoms with E-state index in [1.165, 1.54) is 25.7 Å². The Kier molecular flexibility index (Phi) is 13.1. The van der Waals surface area contributed by atoms with Gasteiger partial charge in [0.15, 0.2) is 16.6 Å². The molecule has 0 heterocycles. The van der Waals surface area contributed by atoms with E-state index in [9.17, 15) is 4.79 Å². The Morgan fingerprint density at radius 1 is 0.774 bits per heavy atom. The van der Waals surface area contributed by atoms with E-state index in [-0.39, 0.29) is 5.97 Å². The third-order valence-corrected chi connectivity index (χ3v) is 7.88. The molecule has 186 valence electrons. The number of rotatable bonds is 16. The van der Waals surface area contributed by atoms with Crippen molar-refractivity contribution in [3.05, 3.63) is 0 Å². The summed E-state index contributed by atoms with van der Waals surface area (Å²) in [7, 11) is -5.56. The van der Waals surface area contributed by atoms with Crippen LogP contribution >= 0.6 is 0 Å². The van der Waals surface area contributed by atoms with E-state index in [2.05, 4.69) is 79.7 Å². The van der Waals surface area contributed by atoms with Gasteiger partial charge in [0, 0.05) is 0 Å². The lowest BCUT2D eigenvalue weighted by Crippen LogP contribution is -2.50. The Bertz CT molecular complexity index is 518. The fourth-order valence-electron chi connectivity index (χ4n) is 3.76. The molecule has 0 aromatic heterocycles. The van der Waals surface area contributed by atoms with Crippen LogP contribution in [0.15, 0.2) is 0 Å². The van der Waals surface area contributed by atoms with Gasteiger partial charge in [-0.2, -0.15) is 0 Å². The zero-order valence-electron chi connectivity index (χ0n) is 22.9. The van der Waals surface area contributed by atoms with Gasteiger partial charge < -0.3 is 13.3 Å². The highest BCUT2D eigenvalue weighted by Gasteiger charge is 2.40. The molecule has 0 aliphatic rings. The molecule has 0 aromatic carbocycles. The van der Waals surface area contributed by atoms with Crippen LogP contribution < -0.4 is 0 Å². The summed E-state index contributed by atoms with van der Waals surface area (Å²) in [4.78, 5) is 12.9. The number of hydrogen-bond donors (Lipinski definition) is 0. The van der Waals surface area contributed by atoms with Crippen LogP contribution in [-0.2, 0) is 18.1 Å². The largest absolute Gasteiger partial charge is 0.520 e. The van der Waals surface area contributed by atoms with E-state index in [1.54, 1.807) is 0 Å². The number of carbonyl (C=O) groups excluding carboxylic acids is 1. The zero-order valence-corrected chi connectivity index (χ0v) is 25.9. The fraction of sp³-hybridized carbons (Fsp3) is 0.958. The second kappa shape index (κ2) is 13.1. The van der Waals surface area contributed by atoms with E-state index in [0.29, 0.717) is 18.9 Å². The normalized spacial score (nSPS) is 16.3. The second-order valence-corrected chi connectivity index (χ2v) is 26.3. The summed E-state index contributed by atoms with van der Waals surface area (Å²) in [6.45, 7) is 26.8. The number of hydrogen-bond acceptors (Lipinski definition) is 4. The van der Waals surface area contributed by atoms with Crippen molar-refractivity contribution in [2.45, 2.75) is 130 Å². The summed E-state index contributed by atoms with van der Waals surface area (Å²) >= 11 is 0. The SMILES string of the molecule is CC(C)CCCC(C)CCCC(CO[Si](C)(C)C)(CC(=O)O[Si](C)(C)C)O[Si](C)(C)C. The molecule has 0 aliphatic heterocycles. The molecule has 31 heavy (non-hydrogen) atoms. The van der Waals surface area contributed by atoms with Gasteiger partial charge in [-0.05, 0) is 77.2 Å². The first-order valence-corrected chi connectivity index (χ1v) is 22.6. The number of carbonyl (C=O) groups is 1. The minimum Gasteiger partial charge on any atom is -0.520 e. The fourth-order valence-corrected chi connectivity index (χ4v) is 6.74. The first kappa shape index (κ1) is 31.0. The summed E-state index contributed by atoms with van der Waals surface area (Å²) in [5.74, 6) is 1.36. The predicted octanol–water partition coefficient (Wildman–Crippen LogP) is 7.83. The van der Waals surface area contributed by atoms with Crippen molar-refractivity contribution in [3.63, 3.8) is 0 Å². The maximum Gasteiger partial charge on any atom is 0.295 e. The highest BCUT2D eigenvalue weighted by molar-refractivity contribution is 6.71. The summed E-state index contributed by atoms with van der Waals surface area (Å²) in [6.07, 6.45) is 7.28. The van der Waals surface area contributed by atoms with Crippen molar-refractivity contribution in [3.8, 4) is 0 Å². The molecule has 0 N–H and O–H groups in total. The molecule has 0 fully saturated rings. The average Bonchev–Trinajstić information content (AvgIpc) is 2.48. The molecule has 0 rings (SSSR count). The topological polar surface area (TPSA) is 44.8 Å². The summed E-state index contributed by atoms with van der Waals surface area (Å²) in [6, 6.07) is 0. The highest BCUT2D eigenvalue weighted by Crippen LogP contribution is 2.32. The van der Waals surface area contributed by atoms with Crippen LogP contribution in [0.1, 0.15) is 65.7 Å². The highest BCUT2D eigenvalue weighted by atomic mass is 28.4. The van der Waals surface area contributed by atoms with Crippen LogP contribution in [0.3, 0.4) is 0 Å². The van der Waals surface area contributed by atoms with Gasteiger partial charge in [0.25, 0.3) is 5.97 Å². The minimum atomic E-state index is -1.94. The molecule has 0 amide bonds. The van der Waals surface area contributed by atoms with Crippen molar-refractivity contribution in [2.24, 2.45) is 11.8 Å². The second-order valence-electron chi connectivity index (χ2n) is 12.9. The van der Waals surface area contributed by atoms with Gasteiger partial charge >= 0.3 is 0 Å². The Hall–Kier alpha value is 0.0406. The van der Waals surface area contributed by atoms with Gasteiger partial charge in [-0.15, -0.1) is 0 Å². The van der Waals surface area contributed by atoms with Crippen LogP contribution in [-0.4, -0.2) is 43.1 Å². The maximum atomic E-state index is 12.9. The molecule has 0 aromatic rings. The molecule has 0 spiro atoms. The Morgan fingerprint density at radius 2 is 1.32 bits per heavy atom. The third-order valence-electron chi connectivity index (χ3n) is 4.99. The molecule has 0 aliphatic carbocycles. The average molecular weight is 491 g/mol. The van der Waals surface area contributed by atoms with Crippen molar-refractivity contribution >= 4 is 30.9 Å². The van der Waals surface area contributed by atoms with Crippen LogP contribution in [0.25, 0.3) is 0 Å². The molecule has 2 atom stereocenters. The molecule has 7 heteroatoms.